The topological polar surface area (TPSA) is 51.4 Å². The first-order valence-electron chi connectivity index (χ1n) is 7.46. The van der Waals surface area contributed by atoms with Crippen LogP contribution >= 0.6 is 0 Å². The molecule has 1 aromatic rings. The number of rotatable bonds is 2. The average molecular weight is 277 g/mol. The molecule has 1 aromatic heterocycles. The Bertz CT molecular complexity index is 424. The zero-order valence-electron chi connectivity index (χ0n) is 13.1. The number of hydrogen-bond donors (Lipinski definition) is 1. The summed E-state index contributed by atoms with van der Waals surface area (Å²) in [5.74, 6) is 0.651. The molecular weight excluding hydrogens is 250 g/mol. The highest BCUT2D eigenvalue weighted by atomic mass is 16.5. The monoisotopic (exact) mass is 277 g/mol. The van der Waals surface area contributed by atoms with E-state index < -0.39 is 0 Å². The summed E-state index contributed by atoms with van der Waals surface area (Å²) < 4.78 is 5.15. The van der Waals surface area contributed by atoms with Gasteiger partial charge >= 0.3 is 0 Å². The van der Waals surface area contributed by atoms with Crippen molar-refractivity contribution in [1.29, 1.82) is 0 Å². The van der Waals surface area contributed by atoms with Crippen LogP contribution < -0.4 is 10.5 Å². The zero-order valence-corrected chi connectivity index (χ0v) is 13.1. The molecule has 0 saturated carbocycles. The summed E-state index contributed by atoms with van der Waals surface area (Å²) in [6, 6.07) is 4.41. The predicted molar refractivity (Wildman–Crippen MR) is 81.8 cm³/mol. The molecule has 0 radical (unpaired) electrons. The van der Waals surface area contributed by atoms with Crippen LogP contribution in [0.1, 0.15) is 51.6 Å². The molecule has 2 rings (SSSR count). The van der Waals surface area contributed by atoms with E-state index in [0.29, 0.717) is 5.88 Å². The summed E-state index contributed by atoms with van der Waals surface area (Å²) in [6.07, 6.45) is 5.40. The number of nitrogens with zero attached hydrogens (tertiary/aromatic N) is 2. The fourth-order valence-electron chi connectivity index (χ4n) is 3.06. The van der Waals surface area contributed by atoms with Gasteiger partial charge < -0.3 is 10.5 Å². The van der Waals surface area contributed by atoms with Gasteiger partial charge in [0.1, 0.15) is 0 Å². The van der Waals surface area contributed by atoms with E-state index in [9.17, 15) is 0 Å². The molecule has 2 N–H and O–H groups in total. The van der Waals surface area contributed by atoms with Gasteiger partial charge in [-0.3, -0.25) is 4.90 Å². The lowest BCUT2D eigenvalue weighted by atomic mass is 9.93. The van der Waals surface area contributed by atoms with Crippen molar-refractivity contribution < 1.29 is 4.74 Å². The third-order valence-electron chi connectivity index (χ3n) is 4.10. The van der Waals surface area contributed by atoms with Crippen LogP contribution in [0.25, 0.3) is 0 Å². The molecule has 20 heavy (non-hydrogen) atoms. The van der Waals surface area contributed by atoms with E-state index in [1.54, 1.807) is 7.11 Å². The van der Waals surface area contributed by atoms with Crippen molar-refractivity contribution >= 4 is 0 Å². The predicted octanol–water partition coefficient (Wildman–Crippen LogP) is 2.74. The van der Waals surface area contributed by atoms with Gasteiger partial charge in [0.15, 0.2) is 0 Å². The normalized spacial score (nSPS) is 25.2. The second kappa shape index (κ2) is 6.10. The van der Waals surface area contributed by atoms with E-state index in [4.69, 9.17) is 10.5 Å². The van der Waals surface area contributed by atoms with Crippen molar-refractivity contribution in [2.75, 3.05) is 13.7 Å². The maximum atomic E-state index is 6.47. The summed E-state index contributed by atoms with van der Waals surface area (Å²) >= 11 is 0. The van der Waals surface area contributed by atoms with Crippen molar-refractivity contribution in [3.63, 3.8) is 0 Å². The highest BCUT2D eigenvalue weighted by molar-refractivity contribution is 5.23. The van der Waals surface area contributed by atoms with Crippen molar-refractivity contribution in [3.05, 3.63) is 23.9 Å². The Morgan fingerprint density at radius 1 is 1.30 bits per heavy atom. The molecular formula is C16H27N3O. The molecule has 1 aliphatic rings. The highest BCUT2D eigenvalue weighted by Crippen LogP contribution is 2.34. The second-order valence-electron chi connectivity index (χ2n) is 6.60. The van der Waals surface area contributed by atoms with E-state index >= 15 is 0 Å². The van der Waals surface area contributed by atoms with Gasteiger partial charge in [-0.2, -0.15) is 0 Å². The Morgan fingerprint density at radius 2 is 2.05 bits per heavy atom. The summed E-state index contributed by atoms with van der Waals surface area (Å²) in [6.45, 7) is 7.87. The van der Waals surface area contributed by atoms with Gasteiger partial charge in [0.2, 0.25) is 5.88 Å². The highest BCUT2D eigenvalue weighted by Gasteiger charge is 2.35. The van der Waals surface area contributed by atoms with E-state index in [0.717, 1.165) is 13.0 Å². The minimum absolute atomic E-state index is 0.104. The van der Waals surface area contributed by atoms with E-state index in [2.05, 4.69) is 36.7 Å². The number of likely N-dealkylation sites (tertiary alicyclic amines) is 1. The quantitative estimate of drug-likeness (QED) is 0.903. The Morgan fingerprint density at radius 3 is 2.60 bits per heavy atom. The Balaban J connectivity index is 2.34. The molecule has 0 amide bonds. The lowest BCUT2D eigenvalue weighted by Gasteiger charge is -2.43. The molecule has 2 heterocycles. The first kappa shape index (κ1) is 15.3. The molecule has 0 spiro atoms. The van der Waals surface area contributed by atoms with Gasteiger partial charge in [-0.15, -0.1) is 0 Å². The molecule has 1 fully saturated rings. The number of methoxy groups -OCH3 is 1. The molecule has 1 saturated heterocycles. The molecule has 2 unspecified atom stereocenters. The maximum Gasteiger partial charge on any atom is 0.212 e. The number of aromatic nitrogens is 1. The molecule has 4 heteroatoms. The fourth-order valence-corrected chi connectivity index (χ4v) is 3.06. The van der Waals surface area contributed by atoms with Gasteiger partial charge in [0.25, 0.3) is 0 Å². The van der Waals surface area contributed by atoms with E-state index in [1.165, 1.54) is 18.4 Å². The van der Waals surface area contributed by atoms with Crippen LogP contribution in [0.3, 0.4) is 0 Å². The molecule has 0 bridgehead atoms. The largest absolute Gasteiger partial charge is 0.481 e. The molecule has 0 aromatic carbocycles. The number of ether oxygens (including phenoxy) is 1. The summed E-state index contributed by atoms with van der Waals surface area (Å²) in [4.78, 5) is 6.87. The van der Waals surface area contributed by atoms with Crippen molar-refractivity contribution in [3.8, 4) is 5.88 Å². The first-order chi connectivity index (χ1) is 9.43. The van der Waals surface area contributed by atoms with Crippen LogP contribution in [0.15, 0.2) is 18.3 Å². The van der Waals surface area contributed by atoms with Gasteiger partial charge in [-0.1, -0.05) is 12.5 Å². The molecule has 2 atom stereocenters. The van der Waals surface area contributed by atoms with Crippen molar-refractivity contribution in [2.24, 2.45) is 5.73 Å². The number of nitrogens with two attached hydrogens (primary N) is 1. The lowest BCUT2D eigenvalue weighted by molar-refractivity contribution is 0.0753. The van der Waals surface area contributed by atoms with E-state index in [1.807, 2.05) is 12.3 Å². The second-order valence-corrected chi connectivity index (χ2v) is 6.60. The molecule has 1 aliphatic heterocycles. The molecule has 4 nitrogen and oxygen atoms in total. The first-order valence-corrected chi connectivity index (χ1v) is 7.46. The standard InChI is InChI=1S/C16H27N3O/c1-16(2,3)19-10-6-5-7-13(17)15(19)12-8-9-14(20-4)18-11-12/h8-9,11,13,15H,5-7,10,17H2,1-4H3. The summed E-state index contributed by atoms with van der Waals surface area (Å²) in [5.41, 5.74) is 7.76. The van der Waals surface area contributed by atoms with Crippen LogP contribution in [0.5, 0.6) is 5.88 Å². The van der Waals surface area contributed by atoms with Crippen LogP contribution in [0, 0.1) is 0 Å². The fraction of sp³-hybridized carbons (Fsp3) is 0.688. The van der Waals surface area contributed by atoms with Crippen LogP contribution in [-0.4, -0.2) is 35.1 Å². The number of hydrogen-bond acceptors (Lipinski definition) is 4. The third kappa shape index (κ3) is 3.30. The van der Waals surface area contributed by atoms with Gasteiger partial charge in [0, 0.05) is 23.8 Å². The SMILES string of the molecule is COc1ccc(C2C(N)CCCCN2C(C)(C)C)cn1. The van der Waals surface area contributed by atoms with Crippen LogP contribution in [0.2, 0.25) is 0 Å². The van der Waals surface area contributed by atoms with E-state index in [-0.39, 0.29) is 17.6 Å². The maximum absolute atomic E-state index is 6.47. The van der Waals surface area contributed by atoms with Crippen molar-refractivity contribution in [2.45, 2.75) is 57.7 Å². The minimum Gasteiger partial charge on any atom is -0.481 e. The van der Waals surface area contributed by atoms with Crippen LogP contribution in [0.4, 0.5) is 0 Å². The summed E-state index contributed by atoms with van der Waals surface area (Å²) in [7, 11) is 1.64. The van der Waals surface area contributed by atoms with Gasteiger partial charge in [0.05, 0.1) is 13.2 Å². The Hall–Kier alpha value is -1.13. The van der Waals surface area contributed by atoms with Crippen LogP contribution in [-0.2, 0) is 0 Å². The lowest BCUT2D eigenvalue weighted by Crippen LogP contribution is -2.49. The zero-order chi connectivity index (χ0) is 14.8. The minimum atomic E-state index is 0.104. The number of pyridine rings is 1. The molecule has 0 aliphatic carbocycles. The Labute approximate surface area is 122 Å². The van der Waals surface area contributed by atoms with Gasteiger partial charge in [-0.05, 0) is 45.7 Å². The Kier molecular flexibility index (Phi) is 4.66. The summed E-state index contributed by atoms with van der Waals surface area (Å²) in [5, 5.41) is 0. The smallest absolute Gasteiger partial charge is 0.212 e. The van der Waals surface area contributed by atoms with Crippen molar-refractivity contribution in [1.82, 2.24) is 9.88 Å². The van der Waals surface area contributed by atoms with Gasteiger partial charge in [-0.25, -0.2) is 4.98 Å². The average Bonchev–Trinajstić information content (AvgIpc) is 2.60. The molecule has 112 valence electrons. The third-order valence-corrected chi connectivity index (χ3v) is 4.10.